The second-order valence-corrected chi connectivity index (χ2v) is 6.77. The molecule has 1 saturated carbocycles. The Bertz CT molecular complexity index is 930. The number of fused-ring (bicyclic) bond motifs is 1. The van der Waals surface area contributed by atoms with E-state index in [2.05, 4.69) is 10.3 Å². The van der Waals surface area contributed by atoms with Crippen LogP contribution < -0.4 is 5.32 Å². The van der Waals surface area contributed by atoms with Gasteiger partial charge in [-0.25, -0.2) is 9.37 Å². The van der Waals surface area contributed by atoms with Crippen molar-refractivity contribution in [2.75, 3.05) is 0 Å². The van der Waals surface area contributed by atoms with E-state index in [1.165, 1.54) is 12.1 Å². The number of aryl methyl sites for hydroxylation is 1. The summed E-state index contributed by atoms with van der Waals surface area (Å²) in [5, 5.41) is 3.03. The topological polar surface area (TPSA) is 46.4 Å². The highest BCUT2D eigenvalue weighted by Crippen LogP contribution is 2.30. The first-order valence-electron chi connectivity index (χ1n) is 8.58. The van der Waals surface area contributed by atoms with Gasteiger partial charge in [-0.15, -0.1) is 0 Å². The number of halogens is 1. The van der Waals surface area contributed by atoms with Crippen LogP contribution in [0.3, 0.4) is 0 Å². The van der Waals surface area contributed by atoms with Crippen molar-refractivity contribution >= 4 is 11.6 Å². The number of pyridine rings is 1. The zero-order valence-corrected chi connectivity index (χ0v) is 14.1. The molecule has 0 spiro atoms. The van der Waals surface area contributed by atoms with Crippen molar-refractivity contribution in [1.29, 1.82) is 0 Å². The minimum Gasteiger partial charge on any atom is -0.353 e. The number of carbonyl (C=O) groups excluding carboxylic acids is 1. The molecule has 2 aromatic heterocycles. The van der Waals surface area contributed by atoms with Gasteiger partial charge in [0.05, 0.1) is 5.69 Å². The quantitative estimate of drug-likeness (QED) is 0.773. The number of benzene rings is 1. The van der Waals surface area contributed by atoms with E-state index >= 15 is 0 Å². The summed E-state index contributed by atoms with van der Waals surface area (Å²) in [6.07, 6.45) is 6.12. The van der Waals surface area contributed by atoms with E-state index in [0.29, 0.717) is 6.04 Å². The Labute approximate surface area is 145 Å². The fourth-order valence-electron chi connectivity index (χ4n) is 3.18. The number of aromatic nitrogens is 2. The van der Waals surface area contributed by atoms with Crippen LogP contribution in [-0.2, 0) is 4.79 Å². The number of nitrogens with zero attached hydrogens (tertiary/aromatic N) is 2. The van der Waals surface area contributed by atoms with E-state index in [1.807, 2.05) is 35.7 Å². The zero-order chi connectivity index (χ0) is 17.4. The van der Waals surface area contributed by atoms with Crippen LogP contribution in [0.5, 0.6) is 0 Å². The van der Waals surface area contributed by atoms with Crippen molar-refractivity contribution in [3.05, 3.63) is 71.4 Å². The van der Waals surface area contributed by atoms with E-state index in [9.17, 15) is 9.18 Å². The van der Waals surface area contributed by atoms with E-state index in [-0.39, 0.29) is 24.1 Å². The molecule has 1 aliphatic rings. The second-order valence-electron chi connectivity index (χ2n) is 6.77. The van der Waals surface area contributed by atoms with Gasteiger partial charge >= 0.3 is 0 Å². The van der Waals surface area contributed by atoms with E-state index < -0.39 is 0 Å². The van der Waals surface area contributed by atoms with Gasteiger partial charge in [0, 0.05) is 30.8 Å². The van der Waals surface area contributed by atoms with Crippen LogP contribution in [0, 0.1) is 12.7 Å². The maximum Gasteiger partial charge on any atom is 0.221 e. The first-order valence-corrected chi connectivity index (χ1v) is 8.58. The number of hydrogen-bond donors (Lipinski definition) is 1. The number of nitrogens with one attached hydrogen (secondary N) is 1. The Balaban J connectivity index is 1.73. The molecule has 1 N–H and O–H groups in total. The molecule has 1 atom stereocenters. The van der Waals surface area contributed by atoms with Gasteiger partial charge in [0.2, 0.25) is 5.91 Å². The van der Waals surface area contributed by atoms with Gasteiger partial charge in [-0.3, -0.25) is 4.79 Å². The number of imidazole rings is 1. The lowest BCUT2D eigenvalue weighted by Gasteiger charge is -2.17. The predicted molar refractivity (Wildman–Crippen MR) is 94.0 cm³/mol. The summed E-state index contributed by atoms with van der Waals surface area (Å²) >= 11 is 0. The molecule has 2 heterocycles. The van der Waals surface area contributed by atoms with E-state index in [4.69, 9.17) is 0 Å². The number of rotatable bonds is 5. The van der Waals surface area contributed by atoms with Gasteiger partial charge in [-0.05, 0) is 55.2 Å². The molecular formula is C20H20FN3O. The lowest BCUT2D eigenvalue weighted by atomic mass is 9.92. The highest BCUT2D eigenvalue weighted by molar-refractivity contribution is 5.78. The molecule has 5 heteroatoms. The van der Waals surface area contributed by atoms with Crippen molar-refractivity contribution in [3.63, 3.8) is 0 Å². The average molecular weight is 337 g/mol. The van der Waals surface area contributed by atoms with Crippen LogP contribution in [0.1, 0.15) is 42.0 Å². The molecule has 0 aliphatic heterocycles. The Kier molecular flexibility index (Phi) is 3.99. The van der Waals surface area contributed by atoms with Crippen LogP contribution in [-0.4, -0.2) is 21.3 Å². The van der Waals surface area contributed by atoms with Crippen molar-refractivity contribution in [2.45, 2.75) is 38.1 Å². The third kappa shape index (κ3) is 3.40. The molecule has 1 amide bonds. The van der Waals surface area contributed by atoms with Gasteiger partial charge in [0.1, 0.15) is 11.5 Å². The van der Waals surface area contributed by atoms with E-state index in [0.717, 1.165) is 35.3 Å². The Morgan fingerprint density at radius 3 is 2.96 bits per heavy atom. The molecule has 1 aromatic carbocycles. The Morgan fingerprint density at radius 1 is 1.36 bits per heavy atom. The summed E-state index contributed by atoms with van der Waals surface area (Å²) in [6, 6.07) is 10.8. The molecule has 25 heavy (non-hydrogen) atoms. The molecule has 1 unspecified atom stereocenters. The van der Waals surface area contributed by atoms with Crippen molar-refractivity contribution in [2.24, 2.45) is 0 Å². The zero-order valence-electron chi connectivity index (χ0n) is 14.1. The van der Waals surface area contributed by atoms with Gasteiger partial charge in [-0.1, -0.05) is 12.1 Å². The molecule has 3 aromatic rings. The van der Waals surface area contributed by atoms with Crippen molar-refractivity contribution in [3.8, 4) is 0 Å². The van der Waals surface area contributed by atoms with E-state index in [1.54, 1.807) is 12.3 Å². The SMILES string of the molecule is Cc1ccn2c(C(CC(=O)NC3CC3)c3cccc(F)c3)cnc2c1. The summed E-state index contributed by atoms with van der Waals surface area (Å²) in [5.74, 6) is -0.541. The summed E-state index contributed by atoms with van der Waals surface area (Å²) < 4.78 is 15.7. The predicted octanol–water partition coefficient (Wildman–Crippen LogP) is 3.58. The lowest BCUT2D eigenvalue weighted by molar-refractivity contribution is -0.121. The molecule has 0 saturated heterocycles. The molecule has 0 radical (unpaired) electrons. The fourth-order valence-corrected chi connectivity index (χ4v) is 3.18. The number of hydrogen-bond acceptors (Lipinski definition) is 2. The van der Waals surface area contributed by atoms with Gasteiger partial charge in [0.25, 0.3) is 0 Å². The van der Waals surface area contributed by atoms with Crippen molar-refractivity contribution in [1.82, 2.24) is 14.7 Å². The molecule has 1 aliphatic carbocycles. The van der Waals surface area contributed by atoms with Crippen LogP contribution in [0.2, 0.25) is 0 Å². The van der Waals surface area contributed by atoms with Gasteiger partial charge in [0.15, 0.2) is 0 Å². The normalized spacial score (nSPS) is 15.3. The van der Waals surface area contributed by atoms with Crippen LogP contribution in [0.15, 0.2) is 48.8 Å². The monoisotopic (exact) mass is 337 g/mol. The van der Waals surface area contributed by atoms with Crippen LogP contribution in [0.4, 0.5) is 4.39 Å². The first-order chi connectivity index (χ1) is 12.1. The van der Waals surface area contributed by atoms with Crippen LogP contribution in [0.25, 0.3) is 5.65 Å². The van der Waals surface area contributed by atoms with Gasteiger partial charge in [-0.2, -0.15) is 0 Å². The summed E-state index contributed by atoms with van der Waals surface area (Å²) in [5.41, 5.74) is 3.64. The summed E-state index contributed by atoms with van der Waals surface area (Å²) in [6.45, 7) is 2.02. The van der Waals surface area contributed by atoms with Crippen molar-refractivity contribution < 1.29 is 9.18 Å². The maximum absolute atomic E-state index is 13.8. The lowest BCUT2D eigenvalue weighted by Crippen LogP contribution is -2.27. The van der Waals surface area contributed by atoms with Gasteiger partial charge < -0.3 is 9.72 Å². The fraction of sp³-hybridized carbons (Fsp3) is 0.300. The average Bonchev–Trinajstić information content (AvgIpc) is 3.30. The minimum atomic E-state index is -0.297. The molecular weight excluding hydrogens is 317 g/mol. The highest BCUT2D eigenvalue weighted by Gasteiger charge is 2.27. The number of amides is 1. The Hall–Kier alpha value is -2.69. The Morgan fingerprint density at radius 2 is 2.20 bits per heavy atom. The largest absolute Gasteiger partial charge is 0.353 e. The molecule has 4 nitrogen and oxygen atoms in total. The molecule has 1 fully saturated rings. The minimum absolute atomic E-state index is 0.00109. The highest BCUT2D eigenvalue weighted by atomic mass is 19.1. The second kappa shape index (κ2) is 6.31. The molecule has 0 bridgehead atoms. The molecule has 4 rings (SSSR count). The maximum atomic E-state index is 13.8. The summed E-state index contributed by atoms with van der Waals surface area (Å²) in [7, 11) is 0. The number of carbonyl (C=O) groups is 1. The smallest absolute Gasteiger partial charge is 0.221 e. The first kappa shape index (κ1) is 15.8. The summed E-state index contributed by atoms with van der Waals surface area (Å²) in [4.78, 5) is 16.9. The van der Waals surface area contributed by atoms with Crippen LogP contribution >= 0.6 is 0 Å². The third-order valence-electron chi connectivity index (χ3n) is 4.64. The molecule has 128 valence electrons. The standard InChI is InChI=1S/C20H20FN3O/c1-13-7-8-24-18(12-22-19(24)9-13)17(11-20(25)23-16-5-6-16)14-3-2-4-15(21)10-14/h2-4,7-10,12,16-17H,5-6,11H2,1H3,(H,23,25). The third-order valence-corrected chi connectivity index (χ3v) is 4.64.